The second kappa shape index (κ2) is 4.99. The van der Waals surface area contributed by atoms with Crippen molar-refractivity contribution < 1.29 is 27.8 Å². The first kappa shape index (κ1) is 13.9. The van der Waals surface area contributed by atoms with Crippen LogP contribution in [0.2, 0.25) is 0 Å². The van der Waals surface area contributed by atoms with Gasteiger partial charge < -0.3 is 15.9 Å². The largest absolute Gasteiger partial charge is 0.416 e. The first-order valence-corrected chi connectivity index (χ1v) is 4.68. The predicted octanol–water partition coefficient (Wildman–Crippen LogP) is 1.20. The summed E-state index contributed by atoms with van der Waals surface area (Å²) in [5.41, 5.74) is 3.56. The molecular weight excluding hydrogens is 242 g/mol. The molecule has 1 rings (SSSR count). The van der Waals surface area contributed by atoms with Crippen molar-refractivity contribution in [1.82, 2.24) is 0 Å². The van der Waals surface area contributed by atoms with E-state index in [9.17, 15) is 22.7 Å². The van der Waals surface area contributed by atoms with Crippen LogP contribution in [0.25, 0.3) is 0 Å². The van der Waals surface area contributed by atoms with Crippen LogP contribution in [0.15, 0.2) is 18.2 Å². The summed E-state index contributed by atoms with van der Waals surface area (Å²) >= 11 is 0. The van der Waals surface area contributed by atoms with Crippen LogP contribution in [0, 0.1) is 5.82 Å². The maximum atomic E-state index is 13.2. The van der Waals surface area contributed by atoms with E-state index in [4.69, 9.17) is 10.8 Å². The summed E-state index contributed by atoms with van der Waals surface area (Å²) in [5.74, 6) is -1.01. The van der Waals surface area contributed by atoms with Crippen molar-refractivity contribution in [1.29, 1.82) is 0 Å². The number of hydrogen-bond acceptors (Lipinski definition) is 3. The second-order valence-electron chi connectivity index (χ2n) is 3.53. The third-order valence-corrected chi connectivity index (χ3v) is 2.26. The minimum atomic E-state index is -4.63. The normalized spacial score (nSPS) is 15.7. The standard InChI is InChI=1S/C10H11F4NO2/c11-7-2-1-5(10(12,13)14)3-6(7)9(17)8(15)4-16/h1-3,8-9,16-17H,4,15H2/t8-,9?/m0/s1. The van der Waals surface area contributed by atoms with Crippen LogP contribution in [-0.4, -0.2) is 22.9 Å². The molecule has 1 aromatic carbocycles. The van der Waals surface area contributed by atoms with Crippen molar-refractivity contribution in [3.8, 4) is 0 Å². The summed E-state index contributed by atoms with van der Waals surface area (Å²) < 4.78 is 50.3. The van der Waals surface area contributed by atoms with E-state index >= 15 is 0 Å². The third-order valence-electron chi connectivity index (χ3n) is 2.26. The van der Waals surface area contributed by atoms with Crippen LogP contribution in [0.3, 0.4) is 0 Å². The monoisotopic (exact) mass is 253 g/mol. The highest BCUT2D eigenvalue weighted by atomic mass is 19.4. The molecule has 1 aromatic rings. The van der Waals surface area contributed by atoms with Gasteiger partial charge in [0.15, 0.2) is 0 Å². The fourth-order valence-electron chi connectivity index (χ4n) is 1.28. The Morgan fingerprint density at radius 2 is 1.88 bits per heavy atom. The Kier molecular flexibility index (Phi) is 4.07. The van der Waals surface area contributed by atoms with Crippen molar-refractivity contribution in [2.24, 2.45) is 5.73 Å². The molecule has 4 N–H and O–H groups in total. The molecule has 96 valence electrons. The number of benzene rings is 1. The van der Waals surface area contributed by atoms with Crippen LogP contribution in [0.5, 0.6) is 0 Å². The number of alkyl halides is 3. The zero-order valence-corrected chi connectivity index (χ0v) is 8.58. The van der Waals surface area contributed by atoms with Gasteiger partial charge in [-0.15, -0.1) is 0 Å². The molecule has 17 heavy (non-hydrogen) atoms. The molecule has 0 aliphatic rings. The Bertz CT molecular complexity index is 394. The summed E-state index contributed by atoms with van der Waals surface area (Å²) in [6.07, 6.45) is -6.33. The number of rotatable bonds is 3. The maximum Gasteiger partial charge on any atom is 0.416 e. The summed E-state index contributed by atoms with van der Waals surface area (Å²) in [4.78, 5) is 0. The molecular formula is C10H11F4NO2. The van der Waals surface area contributed by atoms with Gasteiger partial charge in [-0.1, -0.05) is 0 Å². The smallest absolute Gasteiger partial charge is 0.395 e. The zero-order chi connectivity index (χ0) is 13.2. The summed E-state index contributed by atoms with van der Waals surface area (Å²) in [6, 6.07) is 0.407. The van der Waals surface area contributed by atoms with E-state index in [-0.39, 0.29) is 0 Å². The molecule has 0 aliphatic heterocycles. The molecule has 1 unspecified atom stereocenters. The molecule has 0 heterocycles. The fraction of sp³-hybridized carbons (Fsp3) is 0.400. The van der Waals surface area contributed by atoms with Crippen LogP contribution < -0.4 is 5.73 Å². The van der Waals surface area contributed by atoms with E-state index in [0.717, 1.165) is 0 Å². The van der Waals surface area contributed by atoms with Gasteiger partial charge in [-0.2, -0.15) is 13.2 Å². The van der Waals surface area contributed by atoms with E-state index in [0.29, 0.717) is 18.2 Å². The number of nitrogens with two attached hydrogens (primary N) is 1. The highest BCUT2D eigenvalue weighted by Gasteiger charge is 2.32. The summed E-state index contributed by atoms with van der Waals surface area (Å²) in [6.45, 7) is -0.670. The van der Waals surface area contributed by atoms with Gasteiger partial charge in [0.05, 0.1) is 24.3 Å². The average Bonchev–Trinajstić information content (AvgIpc) is 2.26. The van der Waals surface area contributed by atoms with Gasteiger partial charge in [-0.3, -0.25) is 0 Å². The molecule has 0 amide bonds. The zero-order valence-electron chi connectivity index (χ0n) is 8.58. The minimum Gasteiger partial charge on any atom is -0.395 e. The van der Waals surface area contributed by atoms with Gasteiger partial charge in [-0.25, -0.2) is 4.39 Å². The lowest BCUT2D eigenvalue weighted by Gasteiger charge is -2.18. The van der Waals surface area contributed by atoms with Crippen molar-refractivity contribution in [2.75, 3.05) is 6.61 Å². The highest BCUT2D eigenvalue weighted by Crippen LogP contribution is 2.32. The average molecular weight is 253 g/mol. The molecule has 0 saturated carbocycles. The van der Waals surface area contributed by atoms with Crippen molar-refractivity contribution in [3.05, 3.63) is 35.1 Å². The summed E-state index contributed by atoms with van der Waals surface area (Å²) in [7, 11) is 0. The van der Waals surface area contributed by atoms with E-state index in [1.54, 1.807) is 0 Å². The fourth-order valence-corrected chi connectivity index (χ4v) is 1.28. The number of hydrogen-bond donors (Lipinski definition) is 3. The molecule has 2 atom stereocenters. The minimum absolute atomic E-state index is 0.482. The van der Waals surface area contributed by atoms with Gasteiger partial charge in [0.1, 0.15) is 5.82 Å². The Balaban J connectivity index is 3.15. The number of aliphatic hydroxyl groups excluding tert-OH is 2. The lowest BCUT2D eigenvalue weighted by molar-refractivity contribution is -0.137. The lowest BCUT2D eigenvalue weighted by atomic mass is 10.0. The van der Waals surface area contributed by atoms with Crippen LogP contribution in [-0.2, 0) is 6.18 Å². The van der Waals surface area contributed by atoms with Gasteiger partial charge in [0.25, 0.3) is 0 Å². The molecule has 0 fully saturated rings. The van der Waals surface area contributed by atoms with Crippen molar-refractivity contribution in [2.45, 2.75) is 18.3 Å². The van der Waals surface area contributed by atoms with Crippen LogP contribution in [0.1, 0.15) is 17.2 Å². The molecule has 0 radical (unpaired) electrons. The molecule has 3 nitrogen and oxygen atoms in total. The SMILES string of the molecule is N[C@@H](CO)C(O)c1cc(C(F)(F)F)ccc1F. The maximum absolute atomic E-state index is 13.2. The Morgan fingerprint density at radius 3 is 2.35 bits per heavy atom. The van der Waals surface area contributed by atoms with Crippen LogP contribution in [0.4, 0.5) is 17.6 Å². The Labute approximate surface area is 94.5 Å². The van der Waals surface area contributed by atoms with E-state index < -0.39 is 41.9 Å². The molecule has 0 bridgehead atoms. The van der Waals surface area contributed by atoms with Gasteiger partial charge in [0, 0.05) is 5.56 Å². The van der Waals surface area contributed by atoms with Gasteiger partial charge >= 0.3 is 6.18 Å². The number of halogens is 4. The summed E-state index contributed by atoms with van der Waals surface area (Å²) in [5, 5.41) is 18.1. The van der Waals surface area contributed by atoms with E-state index in [1.165, 1.54) is 0 Å². The highest BCUT2D eigenvalue weighted by molar-refractivity contribution is 5.29. The van der Waals surface area contributed by atoms with Crippen molar-refractivity contribution >= 4 is 0 Å². The van der Waals surface area contributed by atoms with Crippen LogP contribution >= 0.6 is 0 Å². The third kappa shape index (κ3) is 3.15. The molecule has 0 saturated heterocycles. The molecule has 0 aromatic heterocycles. The van der Waals surface area contributed by atoms with Crippen molar-refractivity contribution in [3.63, 3.8) is 0 Å². The topological polar surface area (TPSA) is 66.5 Å². The molecule has 0 aliphatic carbocycles. The number of aliphatic hydroxyl groups is 2. The second-order valence-corrected chi connectivity index (χ2v) is 3.53. The predicted molar refractivity (Wildman–Crippen MR) is 51.4 cm³/mol. The first-order valence-electron chi connectivity index (χ1n) is 4.68. The first-order chi connectivity index (χ1) is 7.77. The Morgan fingerprint density at radius 1 is 1.29 bits per heavy atom. The van der Waals surface area contributed by atoms with E-state index in [1.807, 2.05) is 0 Å². The van der Waals surface area contributed by atoms with Gasteiger partial charge in [0.2, 0.25) is 0 Å². The van der Waals surface area contributed by atoms with Gasteiger partial charge in [-0.05, 0) is 18.2 Å². The van der Waals surface area contributed by atoms with E-state index in [2.05, 4.69) is 0 Å². The quantitative estimate of drug-likeness (QED) is 0.709. The lowest BCUT2D eigenvalue weighted by Crippen LogP contribution is -2.32. The molecule has 0 spiro atoms. The molecule has 7 heteroatoms. The Hall–Kier alpha value is -1.18.